The number of amides is 1. The normalized spacial score (nSPS) is 15.9. The van der Waals surface area contributed by atoms with Gasteiger partial charge in [0.05, 0.1) is 17.8 Å². The molecule has 16 heavy (non-hydrogen) atoms. The maximum Gasteiger partial charge on any atom is 0.267 e. The van der Waals surface area contributed by atoms with Crippen LogP contribution < -0.4 is 4.72 Å². The van der Waals surface area contributed by atoms with Gasteiger partial charge in [0.25, 0.3) is 5.91 Å². The molecule has 7 heteroatoms. The molecule has 2 rings (SSSR count). The average molecular weight is 259 g/mol. The zero-order valence-corrected chi connectivity index (χ0v) is 10.5. The first-order valence-electron chi connectivity index (χ1n) is 5.01. The van der Waals surface area contributed by atoms with Gasteiger partial charge in [-0.05, 0) is 25.1 Å². The van der Waals surface area contributed by atoms with E-state index in [0.29, 0.717) is 4.77 Å². The lowest BCUT2D eigenvalue weighted by atomic mass is 10.2. The molecule has 0 saturated carbocycles. The molecule has 88 valence electrons. The highest BCUT2D eigenvalue weighted by atomic mass is 32.2. The van der Waals surface area contributed by atoms with Crippen molar-refractivity contribution in [1.82, 2.24) is 14.3 Å². The number of aromatic amines is 1. The van der Waals surface area contributed by atoms with Crippen LogP contribution in [0, 0.1) is 4.77 Å². The number of carbonyl (C=O) groups is 1. The van der Waals surface area contributed by atoms with Crippen LogP contribution in [-0.2, 0) is 35.5 Å². The second kappa shape index (κ2) is 4.60. The van der Waals surface area contributed by atoms with E-state index in [1.165, 1.54) is 6.26 Å². The van der Waals surface area contributed by atoms with Crippen LogP contribution in [0.1, 0.15) is 17.8 Å². The summed E-state index contributed by atoms with van der Waals surface area (Å²) in [5.41, 5.74) is 1.97. The van der Waals surface area contributed by atoms with Crippen LogP contribution in [0.2, 0.25) is 0 Å². The van der Waals surface area contributed by atoms with Crippen LogP contribution in [-0.4, -0.2) is 26.3 Å². The maximum absolute atomic E-state index is 11.5. The van der Waals surface area contributed by atoms with E-state index in [4.69, 9.17) is 12.2 Å². The molecule has 1 amide bonds. The number of hydrogen-bond donors (Lipinski definition) is 2. The Morgan fingerprint density at radius 3 is 3.19 bits per heavy atom. The molecular formula is C9H13N3O2S2. The summed E-state index contributed by atoms with van der Waals surface area (Å²) in [6.07, 6.45) is 3.67. The Kier molecular flexibility index (Phi) is 3.36. The summed E-state index contributed by atoms with van der Waals surface area (Å²) >= 11 is 3.85. The molecule has 1 aliphatic rings. The number of nitrogens with zero attached hydrogens (tertiary/aromatic N) is 1. The van der Waals surface area contributed by atoms with Gasteiger partial charge < -0.3 is 14.1 Å². The molecular weight excluding hydrogens is 246 g/mol. The van der Waals surface area contributed by atoms with Gasteiger partial charge >= 0.3 is 0 Å². The van der Waals surface area contributed by atoms with E-state index in [-0.39, 0.29) is 12.3 Å². The van der Waals surface area contributed by atoms with Crippen molar-refractivity contribution in [3.63, 3.8) is 0 Å². The molecule has 0 aromatic carbocycles. The van der Waals surface area contributed by atoms with Crippen molar-refractivity contribution in [2.24, 2.45) is 0 Å². The van der Waals surface area contributed by atoms with Crippen molar-refractivity contribution in [3.8, 4) is 0 Å². The highest BCUT2D eigenvalue weighted by molar-refractivity contribution is 7.89. The number of aromatic nitrogens is 2. The largest absolute Gasteiger partial charge is 0.593 e. The monoisotopic (exact) mass is 259 g/mol. The zero-order valence-electron chi connectivity index (χ0n) is 8.91. The van der Waals surface area contributed by atoms with Gasteiger partial charge in [0, 0.05) is 17.9 Å². The Balaban J connectivity index is 2.14. The zero-order chi connectivity index (χ0) is 11.7. The first kappa shape index (κ1) is 11.7. The molecule has 0 saturated heterocycles. The van der Waals surface area contributed by atoms with Crippen LogP contribution in [0.3, 0.4) is 0 Å². The average Bonchev–Trinajstić information content (AvgIpc) is 2.71. The van der Waals surface area contributed by atoms with Gasteiger partial charge in [-0.15, -0.1) is 0 Å². The van der Waals surface area contributed by atoms with E-state index in [1.54, 1.807) is 0 Å². The minimum absolute atomic E-state index is 0.214. The molecule has 0 bridgehead atoms. The van der Waals surface area contributed by atoms with Crippen LogP contribution in [0.4, 0.5) is 0 Å². The number of hydrogen-bond acceptors (Lipinski definition) is 3. The van der Waals surface area contributed by atoms with Crippen LogP contribution in [0.25, 0.3) is 0 Å². The number of carbonyl (C=O) groups excluding carboxylic acids is 1. The molecule has 0 spiro atoms. The van der Waals surface area contributed by atoms with E-state index in [9.17, 15) is 9.35 Å². The highest BCUT2D eigenvalue weighted by Gasteiger charge is 2.19. The molecule has 1 aromatic rings. The summed E-state index contributed by atoms with van der Waals surface area (Å²) in [4.78, 5) is 14.5. The fraction of sp³-hybridized carbons (Fsp3) is 0.556. The van der Waals surface area contributed by atoms with Gasteiger partial charge in [-0.25, -0.2) is 0 Å². The lowest BCUT2D eigenvalue weighted by Crippen LogP contribution is -2.31. The minimum atomic E-state index is -1.31. The summed E-state index contributed by atoms with van der Waals surface area (Å²) in [7, 11) is 0. The topological polar surface area (TPSA) is 72.9 Å². The van der Waals surface area contributed by atoms with Crippen molar-refractivity contribution in [2.45, 2.75) is 25.8 Å². The first-order chi connectivity index (χ1) is 7.58. The van der Waals surface area contributed by atoms with Crippen LogP contribution in [0.15, 0.2) is 0 Å². The lowest BCUT2D eigenvalue weighted by molar-refractivity contribution is -0.118. The van der Waals surface area contributed by atoms with Gasteiger partial charge in [-0.1, -0.05) is 0 Å². The standard InChI is InChI=1S/C9H13N3O2S2/c1-16(14)11-8(13)5-6-7-3-2-4-12(7)9(15)10-6/h2-5H2,1H3,(H,10,15)(H,11,13). The Morgan fingerprint density at radius 1 is 1.75 bits per heavy atom. The molecule has 5 nitrogen and oxygen atoms in total. The number of H-pyrrole nitrogens is 1. The quantitative estimate of drug-likeness (QED) is 0.611. The van der Waals surface area contributed by atoms with Crippen molar-refractivity contribution < 1.29 is 9.35 Å². The maximum atomic E-state index is 11.5. The number of rotatable bonds is 3. The Hall–Kier alpha value is -0.790. The molecule has 1 atom stereocenters. The number of fused-ring (bicyclic) bond motifs is 1. The SMILES string of the molecule is C[S+]([O-])NC(=O)Cc1[nH]c(=S)n2c1CCC2. The lowest BCUT2D eigenvalue weighted by Gasteiger charge is -2.05. The predicted octanol–water partition coefficient (Wildman–Crippen LogP) is 0.444. The minimum Gasteiger partial charge on any atom is -0.593 e. The molecule has 0 fully saturated rings. The van der Waals surface area contributed by atoms with Gasteiger partial charge in [-0.3, -0.25) is 4.79 Å². The first-order valence-corrected chi connectivity index (χ1v) is 6.98. The van der Waals surface area contributed by atoms with Gasteiger partial charge in [0.1, 0.15) is 6.26 Å². The fourth-order valence-corrected chi connectivity index (χ4v) is 2.70. The number of nitrogens with one attached hydrogen (secondary N) is 2. The Morgan fingerprint density at radius 2 is 2.50 bits per heavy atom. The molecule has 1 unspecified atom stereocenters. The van der Waals surface area contributed by atoms with Crippen molar-refractivity contribution >= 4 is 29.5 Å². The van der Waals surface area contributed by atoms with E-state index < -0.39 is 11.4 Å². The molecule has 1 aromatic heterocycles. The van der Waals surface area contributed by atoms with Crippen molar-refractivity contribution in [2.75, 3.05) is 6.26 Å². The van der Waals surface area contributed by atoms with Crippen molar-refractivity contribution in [1.29, 1.82) is 0 Å². The summed E-state index contributed by atoms with van der Waals surface area (Å²) in [6.45, 7) is 0.923. The molecule has 0 aliphatic carbocycles. The fourth-order valence-electron chi connectivity index (χ4n) is 1.98. The summed E-state index contributed by atoms with van der Waals surface area (Å²) in [6, 6.07) is 0. The third-order valence-corrected chi connectivity index (χ3v) is 3.40. The second-order valence-electron chi connectivity index (χ2n) is 3.77. The summed E-state index contributed by atoms with van der Waals surface area (Å²) in [5.74, 6) is -0.243. The molecule has 2 N–H and O–H groups in total. The second-order valence-corrected chi connectivity index (χ2v) is 5.27. The molecule has 1 aliphatic heterocycles. The van der Waals surface area contributed by atoms with Crippen LogP contribution >= 0.6 is 12.2 Å². The van der Waals surface area contributed by atoms with E-state index in [1.807, 2.05) is 4.57 Å². The summed E-state index contributed by atoms with van der Waals surface area (Å²) < 4.78 is 15.9. The summed E-state index contributed by atoms with van der Waals surface area (Å²) in [5, 5.41) is 0. The smallest absolute Gasteiger partial charge is 0.267 e. The Bertz CT molecular complexity index is 464. The molecule has 0 radical (unpaired) electrons. The van der Waals surface area contributed by atoms with E-state index >= 15 is 0 Å². The van der Waals surface area contributed by atoms with Crippen molar-refractivity contribution in [3.05, 3.63) is 16.2 Å². The predicted molar refractivity (Wildman–Crippen MR) is 63.9 cm³/mol. The highest BCUT2D eigenvalue weighted by Crippen LogP contribution is 2.19. The van der Waals surface area contributed by atoms with E-state index in [2.05, 4.69) is 9.71 Å². The third-order valence-electron chi connectivity index (χ3n) is 2.57. The third kappa shape index (κ3) is 2.31. The Labute approximate surface area is 102 Å². The van der Waals surface area contributed by atoms with Gasteiger partial charge in [0.2, 0.25) is 0 Å². The van der Waals surface area contributed by atoms with Gasteiger partial charge in [-0.2, -0.15) is 4.72 Å². The molecule has 2 heterocycles. The van der Waals surface area contributed by atoms with Crippen LogP contribution in [0.5, 0.6) is 0 Å². The van der Waals surface area contributed by atoms with Gasteiger partial charge in [0.15, 0.2) is 4.77 Å². The van der Waals surface area contributed by atoms with E-state index in [0.717, 1.165) is 30.8 Å². The number of imidazole rings is 1.